The van der Waals surface area contributed by atoms with Crippen LogP contribution in [-0.4, -0.2) is 14.7 Å². The topological polar surface area (TPSA) is 61.8 Å². The normalized spacial score (nSPS) is 9.64. The average Bonchev–Trinajstić information content (AvgIpc) is 2.70. The Morgan fingerprint density at radius 2 is 2.29 bits per heavy atom. The van der Waals surface area contributed by atoms with Crippen LogP contribution in [0.25, 0.3) is 5.69 Å². The highest BCUT2D eigenvalue weighted by Gasteiger charge is 2.07. The molecule has 1 heterocycles. The number of rotatable bonds is 1. The van der Waals surface area contributed by atoms with Crippen molar-refractivity contribution in [1.29, 1.82) is 5.26 Å². The molecule has 68 valence electrons. The molecular formula is C10H7N3O. The van der Waals surface area contributed by atoms with Gasteiger partial charge in [0.2, 0.25) is 0 Å². The van der Waals surface area contributed by atoms with E-state index in [-0.39, 0.29) is 11.3 Å². The van der Waals surface area contributed by atoms with Crippen molar-refractivity contribution in [3.8, 4) is 17.5 Å². The SMILES string of the molecule is N#Cc1c(O)cccc1-n1ccnc1. The first kappa shape index (κ1) is 8.32. The lowest BCUT2D eigenvalue weighted by molar-refractivity contribution is 0.473. The summed E-state index contributed by atoms with van der Waals surface area (Å²) in [5.74, 6) is -0.0151. The molecule has 14 heavy (non-hydrogen) atoms. The van der Waals surface area contributed by atoms with Crippen LogP contribution in [0.2, 0.25) is 0 Å². The molecule has 0 aliphatic rings. The second kappa shape index (κ2) is 3.23. The average molecular weight is 185 g/mol. The Balaban J connectivity index is 2.66. The molecule has 4 heteroatoms. The monoisotopic (exact) mass is 185 g/mol. The van der Waals surface area contributed by atoms with Gasteiger partial charge in [0.1, 0.15) is 17.4 Å². The number of phenols is 1. The minimum atomic E-state index is -0.0151. The van der Waals surface area contributed by atoms with Crippen LogP contribution in [0.4, 0.5) is 0 Å². The van der Waals surface area contributed by atoms with Gasteiger partial charge in [0.25, 0.3) is 0 Å². The van der Waals surface area contributed by atoms with E-state index in [0.29, 0.717) is 5.69 Å². The van der Waals surface area contributed by atoms with Gasteiger partial charge in [-0.2, -0.15) is 5.26 Å². The zero-order chi connectivity index (χ0) is 9.97. The number of imidazole rings is 1. The minimum absolute atomic E-state index is 0.0151. The number of nitrogens with zero attached hydrogens (tertiary/aromatic N) is 3. The molecule has 0 spiro atoms. The number of aromatic hydroxyl groups is 1. The van der Waals surface area contributed by atoms with Gasteiger partial charge in [0.15, 0.2) is 0 Å². The van der Waals surface area contributed by atoms with E-state index in [1.165, 1.54) is 6.07 Å². The molecule has 0 radical (unpaired) electrons. The van der Waals surface area contributed by atoms with E-state index in [1.54, 1.807) is 35.4 Å². The second-order valence-electron chi connectivity index (χ2n) is 2.75. The standard InChI is InChI=1S/C10H7N3O/c11-6-8-9(2-1-3-10(8)14)13-5-4-12-7-13/h1-5,7,14H. The van der Waals surface area contributed by atoms with Crippen LogP contribution in [0.3, 0.4) is 0 Å². The quantitative estimate of drug-likeness (QED) is 0.731. The molecule has 0 fully saturated rings. The van der Waals surface area contributed by atoms with Crippen molar-refractivity contribution in [2.24, 2.45) is 0 Å². The molecule has 2 aromatic rings. The maximum Gasteiger partial charge on any atom is 0.135 e. The molecular weight excluding hydrogens is 178 g/mol. The zero-order valence-corrected chi connectivity index (χ0v) is 7.25. The van der Waals surface area contributed by atoms with Crippen LogP contribution in [0.1, 0.15) is 5.56 Å². The van der Waals surface area contributed by atoms with Gasteiger partial charge in [-0.1, -0.05) is 6.07 Å². The van der Waals surface area contributed by atoms with Crippen LogP contribution in [0.5, 0.6) is 5.75 Å². The van der Waals surface area contributed by atoms with E-state index in [1.807, 2.05) is 6.07 Å². The van der Waals surface area contributed by atoms with Gasteiger partial charge in [-0.25, -0.2) is 4.98 Å². The van der Waals surface area contributed by atoms with Crippen molar-refractivity contribution in [2.45, 2.75) is 0 Å². The van der Waals surface area contributed by atoms with Crippen molar-refractivity contribution in [3.05, 3.63) is 42.5 Å². The predicted octanol–water partition coefficient (Wildman–Crippen LogP) is 1.45. The van der Waals surface area contributed by atoms with Crippen molar-refractivity contribution in [2.75, 3.05) is 0 Å². The second-order valence-corrected chi connectivity index (χ2v) is 2.75. The summed E-state index contributed by atoms with van der Waals surface area (Å²) in [4.78, 5) is 3.88. The molecule has 0 saturated carbocycles. The van der Waals surface area contributed by atoms with Gasteiger partial charge in [0.05, 0.1) is 12.0 Å². The summed E-state index contributed by atoms with van der Waals surface area (Å²) in [6.07, 6.45) is 4.91. The van der Waals surface area contributed by atoms with Crippen LogP contribution in [0.15, 0.2) is 36.9 Å². The van der Waals surface area contributed by atoms with E-state index in [0.717, 1.165) is 0 Å². The van der Waals surface area contributed by atoms with E-state index in [4.69, 9.17) is 5.26 Å². The van der Waals surface area contributed by atoms with Gasteiger partial charge in [-0.3, -0.25) is 0 Å². The van der Waals surface area contributed by atoms with Crippen LogP contribution in [0, 0.1) is 11.3 Å². The van der Waals surface area contributed by atoms with Crippen molar-refractivity contribution < 1.29 is 5.11 Å². The molecule has 0 atom stereocenters. The fourth-order valence-electron chi connectivity index (χ4n) is 1.26. The van der Waals surface area contributed by atoms with Crippen LogP contribution < -0.4 is 0 Å². The van der Waals surface area contributed by atoms with Crippen molar-refractivity contribution in [1.82, 2.24) is 9.55 Å². The van der Waals surface area contributed by atoms with E-state index in [9.17, 15) is 5.11 Å². The third kappa shape index (κ3) is 1.21. The minimum Gasteiger partial charge on any atom is -0.506 e. The number of benzene rings is 1. The first-order valence-corrected chi connectivity index (χ1v) is 4.03. The number of hydrogen-bond acceptors (Lipinski definition) is 3. The van der Waals surface area contributed by atoms with E-state index in [2.05, 4.69) is 4.98 Å². The fourth-order valence-corrected chi connectivity index (χ4v) is 1.26. The zero-order valence-electron chi connectivity index (χ0n) is 7.25. The van der Waals surface area contributed by atoms with Crippen molar-refractivity contribution >= 4 is 0 Å². The summed E-state index contributed by atoms with van der Waals surface area (Å²) in [5.41, 5.74) is 0.885. The summed E-state index contributed by atoms with van der Waals surface area (Å²) in [6, 6.07) is 6.87. The van der Waals surface area contributed by atoms with Crippen LogP contribution >= 0.6 is 0 Å². The number of aromatic nitrogens is 2. The summed E-state index contributed by atoms with van der Waals surface area (Å²) in [7, 11) is 0. The highest BCUT2D eigenvalue weighted by atomic mass is 16.3. The highest BCUT2D eigenvalue weighted by Crippen LogP contribution is 2.22. The summed E-state index contributed by atoms with van der Waals surface area (Å²) >= 11 is 0. The Labute approximate surface area is 80.7 Å². The highest BCUT2D eigenvalue weighted by molar-refractivity contribution is 5.56. The van der Waals surface area contributed by atoms with Crippen molar-refractivity contribution in [3.63, 3.8) is 0 Å². The van der Waals surface area contributed by atoms with Gasteiger partial charge in [-0.15, -0.1) is 0 Å². The third-order valence-electron chi connectivity index (χ3n) is 1.91. The van der Waals surface area contributed by atoms with Gasteiger partial charge < -0.3 is 9.67 Å². The Bertz CT molecular complexity index is 483. The molecule has 0 unspecified atom stereocenters. The molecule has 0 amide bonds. The summed E-state index contributed by atoms with van der Waals surface area (Å²) in [5, 5.41) is 18.3. The molecule has 2 rings (SSSR count). The smallest absolute Gasteiger partial charge is 0.135 e. The lowest BCUT2D eigenvalue weighted by Gasteiger charge is -2.05. The first-order chi connectivity index (χ1) is 6.83. The van der Waals surface area contributed by atoms with E-state index >= 15 is 0 Å². The number of nitriles is 1. The summed E-state index contributed by atoms with van der Waals surface area (Å²) in [6.45, 7) is 0. The third-order valence-corrected chi connectivity index (χ3v) is 1.91. The van der Waals surface area contributed by atoms with Gasteiger partial charge in [-0.05, 0) is 12.1 Å². The van der Waals surface area contributed by atoms with E-state index < -0.39 is 0 Å². The molecule has 0 saturated heterocycles. The number of hydrogen-bond donors (Lipinski definition) is 1. The van der Waals surface area contributed by atoms with Crippen LogP contribution in [-0.2, 0) is 0 Å². The molecule has 0 bridgehead atoms. The largest absolute Gasteiger partial charge is 0.506 e. The Hall–Kier alpha value is -2.28. The lowest BCUT2D eigenvalue weighted by Crippen LogP contribution is -1.94. The Morgan fingerprint density at radius 3 is 2.93 bits per heavy atom. The predicted molar refractivity (Wildman–Crippen MR) is 49.9 cm³/mol. The molecule has 1 aromatic carbocycles. The molecule has 0 aliphatic carbocycles. The van der Waals surface area contributed by atoms with Gasteiger partial charge >= 0.3 is 0 Å². The maximum absolute atomic E-state index is 9.43. The lowest BCUT2D eigenvalue weighted by atomic mass is 10.1. The molecule has 1 aromatic heterocycles. The Kier molecular flexibility index (Phi) is 1.92. The molecule has 1 N–H and O–H groups in total. The Morgan fingerprint density at radius 1 is 1.43 bits per heavy atom. The van der Waals surface area contributed by atoms with Gasteiger partial charge in [0, 0.05) is 12.4 Å². The number of phenolic OH excluding ortho intramolecular Hbond substituents is 1. The molecule has 0 aliphatic heterocycles. The molecule has 4 nitrogen and oxygen atoms in total. The first-order valence-electron chi connectivity index (χ1n) is 4.03. The maximum atomic E-state index is 9.43. The fraction of sp³-hybridized carbons (Fsp3) is 0. The summed E-state index contributed by atoms with van der Waals surface area (Å²) < 4.78 is 1.68.